The summed E-state index contributed by atoms with van der Waals surface area (Å²) in [6, 6.07) is 14.8. The fraction of sp³-hybridized carbons (Fsp3) is 0.261. The van der Waals surface area contributed by atoms with Crippen molar-refractivity contribution in [3.63, 3.8) is 0 Å². The number of hydrogen-bond acceptors (Lipinski definition) is 5. The fourth-order valence-electron chi connectivity index (χ4n) is 3.52. The van der Waals surface area contributed by atoms with Crippen molar-refractivity contribution in [2.45, 2.75) is 12.8 Å². The Kier molecular flexibility index (Phi) is 6.21. The summed E-state index contributed by atoms with van der Waals surface area (Å²) in [5, 5.41) is 12.8. The third-order valence-electron chi connectivity index (χ3n) is 5.22. The Labute approximate surface area is 178 Å². The zero-order valence-electron chi connectivity index (χ0n) is 16.5. The molecule has 1 aromatic heterocycles. The Morgan fingerprint density at radius 3 is 2.73 bits per heavy atom. The summed E-state index contributed by atoms with van der Waals surface area (Å²) in [6.07, 6.45) is 4.77. The topological polar surface area (TPSA) is 82.5 Å². The number of anilines is 1. The largest absolute Gasteiger partial charge is 0.396 e. The lowest BCUT2D eigenvalue weighted by molar-refractivity contribution is -0.111. The number of piperidine rings is 1. The van der Waals surface area contributed by atoms with Gasteiger partial charge in [0.15, 0.2) is 0 Å². The van der Waals surface area contributed by atoms with Gasteiger partial charge in [0.05, 0.1) is 10.2 Å². The number of aliphatic hydroxyl groups excluding tert-OH is 1. The van der Waals surface area contributed by atoms with Crippen LogP contribution in [-0.4, -0.2) is 46.5 Å². The molecule has 1 saturated heterocycles. The smallest absolute Gasteiger partial charge is 0.253 e. The van der Waals surface area contributed by atoms with Crippen LogP contribution in [0.3, 0.4) is 0 Å². The molecule has 0 saturated carbocycles. The number of benzene rings is 2. The first-order valence-corrected chi connectivity index (χ1v) is 10.8. The van der Waals surface area contributed by atoms with Crippen LogP contribution in [0.15, 0.2) is 54.6 Å². The maximum absolute atomic E-state index is 12.8. The van der Waals surface area contributed by atoms with Crippen molar-refractivity contribution >= 4 is 45.1 Å². The molecule has 2 amide bonds. The van der Waals surface area contributed by atoms with Gasteiger partial charge in [-0.1, -0.05) is 18.2 Å². The van der Waals surface area contributed by atoms with Gasteiger partial charge < -0.3 is 15.3 Å². The van der Waals surface area contributed by atoms with E-state index in [1.807, 2.05) is 24.3 Å². The van der Waals surface area contributed by atoms with Gasteiger partial charge in [0, 0.05) is 37.0 Å². The number of thiazole rings is 1. The highest BCUT2D eigenvalue weighted by molar-refractivity contribution is 7.19. The second kappa shape index (κ2) is 9.19. The van der Waals surface area contributed by atoms with E-state index in [4.69, 9.17) is 0 Å². The molecule has 2 aromatic carbocycles. The lowest BCUT2D eigenvalue weighted by Gasteiger charge is -2.31. The Morgan fingerprint density at radius 2 is 1.97 bits per heavy atom. The van der Waals surface area contributed by atoms with E-state index in [1.165, 1.54) is 17.4 Å². The van der Waals surface area contributed by atoms with E-state index < -0.39 is 0 Å². The summed E-state index contributed by atoms with van der Waals surface area (Å²) in [5.74, 6) is -0.0444. The summed E-state index contributed by atoms with van der Waals surface area (Å²) in [4.78, 5) is 31.4. The second-order valence-corrected chi connectivity index (χ2v) is 8.40. The van der Waals surface area contributed by atoms with E-state index in [1.54, 1.807) is 35.2 Å². The van der Waals surface area contributed by atoms with Crippen molar-refractivity contribution in [2.75, 3.05) is 25.0 Å². The van der Waals surface area contributed by atoms with Crippen LogP contribution in [0.25, 0.3) is 16.3 Å². The molecule has 2 heterocycles. The minimum atomic E-state index is -0.275. The number of nitrogens with zero attached hydrogens (tertiary/aromatic N) is 2. The maximum atomic E-state index is 12.8. The molecule has 0 bridgehead atoms. The van der Waals surface area contributed by atoms with Crippen molar-refractivity contribution in [1.29, 1.82) is 0 Å². The van der Waals surface area contributed by atoms with Crippen LogP contribution in [0.1, 0.15) is 28.2 Å². The highest BCUT2D eigenvalue weighted by Gasteiger charge is 2.23. The maximum Gasteiger partial charge on any atom is 0.253 e. The van der Waals surface area contributed by atoms with Crippen molar-refractivity contribution in [2.24, 2.45) is 5.92 Å². The highest BCUT2D eigenvalue weighted by Crippen LogP contribution is 2.23. The molecule has 3 aromatic rings. The molecule has 7 heteroatoms. The number of aliphatic hydroxyl groups is 1. The Bertz CT molecular complexity index is 1050. The Morgan fingerprint density at radius 1 is 1.17 bits per heavy atom. The summed E-state index contributed by atoms with van der Waals surface area (Å²) in [5.41, 5.74) is 2.03. The van der Waals surface area contributed by atoms with Crippen LogP contribution >= 0.6 is 11.3 Å². The van der Waals surface area contributed by atoms with Gasteiger partial charge in [-0.2, -0.15) is 0 Å². The van der Waals surface area contributed by atoms with E-state index in [0.29, 0.717) is 24.3 Å². The molecule has 1 aliphatic rings. The molecular formula is C23H23N3O3S. The van der Waals surface area contributed by atoms with Gasteiger partial charge in [-0.25, -0.2) is 4.98 Å². The third kappa shape index (κ3) is 4.75. The molecule has 154 valence electrons. The van der Waals surface area contributed by atoms with Gasteiger partial charge >= 0.3 is 0 Å². The molecule has 0 atom stereocenters. The predicted octanol–water partition coefficient (Wildman–Crippen LogP) is 3.79. The van der Waals surface area contributed by atoms with Gasteiger partial charge in [0.2, 0.25) is 5.91 Å². The van der Waals surface area contributed by atoms with Crippen LogP contribution in [0.5, 0.6) is 0 Å². The van der Waals surface area contributed by atoms with Gasteiger partial charge in [-0.3, -0.25) is 9.59 Å². The van der Waals surface area contributed by atoms with Gasteiger partial charge in [0.1, 0.15) is 5.01 Å². The minimum Gasteiger partial charge on any atom is -0.396 e. The second-order valence-electron chi connectivity index (χ2n) is 7.34. The number of rotatable bonds is 5. The van der Waals surface area contributed by atoms with Crippen molar-refractivity contribution in [3.05, 3.63) is 65.2 Å². The monoisotopic (exact) mass is 421 g/mol. The van der Waals surface area contributed by atoms with Crippen LogP contribution in [0.2, 0.25) is 0 Å². The summed E-state index contributed by atoms with van der Waals surface area (Å²) >= 11 is 1.53. The average Bonchev–Trinajstić information content (AvgIpc) is 3.20. The number of hydrogen-bond donors (Lipinski definition) is 2. The number of nitrogens with one attached hydrogen (secondary N) is 1. The average molecular weight is 422 g/mol. The molecule has 0 radical (unpaired) electrons. The van der Waals surface area contributed by atoms with Gasteiger partial charge in [-0.15, -0.1) is 11.3 Å². The molecule has 2 N–H and O–H groups in total. The number of para-hydroxylation sites is 1. The molecule has 1 aliphatic heterocycles. The zero-order valence-corrected chi connectivity index (χ0v) is 17.3. The van der Waals surface area contributed by atoms with E-state index in [2.05, 4.69) is 10.3 Å². The number of likely N-dealkylation sites (tertiary alicyclic amines) is 1. The Hall–Kier alpha value is -3.03. The SMILES string of the molecule is O=C(/C=C/c1nc2ccccc2s1)Nc1cccc(C(=O)N2CCC(CO)CC2)c1. The standard InChI is InChI=1S/C23H23N3O3S/c27-15-16-10-12-26(13-11-16)23(29)17-4-3-5-18(14-17)24-21(28)8-9-22-25-19-6-1-2-7-20(19)30-22/h1-9,14,16,27H,10-13,15H2,(H,24,28)/b9-8+. The van der Waals surface area contributed by atoms with Crippen molar-refractivity contribution in [1.82, 2.24) is 9.88 Å². The normalized spacial score (nSPS) is 15.0. The van der Waals surface area contributed by atoms with Crippen LogP contribution in [-0.2, 0) is 4.79 Å². The molecule has 0 aliphatic carbocycles. The Balaban J connectivity index is 1.38. The summed E-state index contributed by atoms with van der Waals surface area (Å²) in [7, 11) is 0. The zero-order chi connectivity index (χ0) is 20.9. The highest BCUT2D eigenvalue weighted by atomic mass is 32.1. The number of amides is 2. The summed E-state index contributed by atoms with van der Waals surface area (Å²) < 4.78 is 1.08. The van der Waals surface area contributed by atoms with Crippen molar-refractivity contribution < 1.29 is 14.7 Å². The quantitative estimate of drug-likeness (QED) is 0.614. The first-order valence-electron chi connectivity index (χ1n) is 9.97. The molecular weight excluding hydrogens is 398 g/mol. The summed E-state index contributed by atoms with van der Waals surface area (Å²) in [6.45, 7) is 1.46. The first kappa shape index (κ1) is 20.3. The molecule has 0 spiro atoms. The molecule has 6 nitrogen and oxygen atoms in total. The minimum absolute atomic E-state index is 0.0486. The lowest BCUT2D eigenvalue weighted by Crippen LogP contribution is -2.39. The number of carbonyl (C=O) groups is 2. The molecule has 1 fully saturated rings. The first-order chi connectivity index (χ1) is 14.6. The lowest BCUT2D eigenvalue weighted by atomic mass is 9.97. The van der Waals surface area contributed by atoms with Gasteiger partial charge in [-0.05, 0) is 55.2 Å². The number of fused-ring (bicyclic) bond motifs is 1. The fourth-order valence-corrected chi connectivity index (χ4v) is 4.39. The van der Waals surface area contributed by atoms with E-state index >= 15 is 0 Å². The number of aromatic nitrogens is 1. The number of carbonyl (C=O) groups excluding carboxylic acids is 2. The third-order valence-corrected chi connectivity index (χ3v) is 6.23. The predicted molar refractivity (Wildman–Crippen MR) is 119 cm³/mol. The van der Waals surface area contributed by atoms with Gasteiger partial charge in [0.25, 0.3) is 5.91 Å². The van der Waals surface area contributed by atoms with E-state index in [9.17, 15) is 14.7 Å². The van der Waals surface area contributed by atoms with Crippen molar-refractivity contribution in [3.8, 4) is 0 Å². The molecule has 4 rings (SSSR count). The van der Waals surface area contributed by atoms with E-state index in [-0.39, 0.29) is 24.3 Å². The molecule has 0 unspecified atom stereocenters. The van der Waals surface area contributed by atoms with Crippen LogP contribution < -0.4 is 5.32 Å². The van der Waals surface area contributed by atoms with Crippen LogP contribution in [0.4, 0.5) is 5.69 Å². The molecule has 30 heavy (non-hydrogen) atoms. The van der Waals surface area contributed by atoms with E-state index in [0.717, 1.165) is 28.1 Å². The van der Waals surface area contributed by atoms with Crippen LogP contribution in [0, 0.1) is 5.92 Å².